The Kier molecular flexibility index (Phi) is 4.32. The van der Waals surface area contributed by atoms with E-state index in [9.17, 15) is 4.39 Å². The first-order valence-electron chi connectivity index (χ1n) is 6.61. The molecule has 4 heteroatoms. The lowest BCUT2D eigenvalue weighted by Gasteiger charge is -2.10. The largest absolute Gasteiger partial charge is 0.313 e. The first-order valence-corrected chi connectivity index (χ1v) is 6.61. The molecule has 19 heavy (non-hydrogen) atoms. The molecule has 0 saturated heterocycles. The molecule has 0 bridgehead atoms. The molecule has 0 unspecified atom stereocenters. The van der Waals surface area contributed by atoms with Gasteiger partial charge in [0.1, 0.15) is 5.82 Å². The summed E-state index contributed by atoms with van der Waals surface area (Å²) in [6.45, 7) is 5.83. The molecule has 0 atom stereocenters. The SMILES string of the molecule is CCCNCc1ccc(F)cc1-c1cnn(C)c1C. The first kappa shape index (κ1) is 13.7. The highest BCUT2D eigenvalue weighted by molar-refractivity contribution is 5.69. The maximum Gasteiger partial charge on any atom is 0.123 e. The molecule has 1 N–H and O–H groups in total. The van der Waals surface area contributed by atoms with Crippen LogP contribution in [0.5, 0.6) is 0 Å². The molecule has 0 saturated carbocycles. The van der Waals surface area contributed by atoms with Crippen molar-refractivity contribution in [2.45, 2.75) is 26.8 Å². The number of aryl methyl sites for hydroxylation is 1. The van der Waals surface area contributed by atoms with Gasteiger partial charge in [-0.3, -0.25) is 4.68 Å². The summed E-state index contributed by atoms with van der Waals surface area (Å²) in [4.78, 5) is 0. The Morgan fingerprint density at radius 3 is 2.74 bits per heavy atom. The summed E-state index contributed by atoms with van der Waals surface area (Å²) in [5.74, 6) is -0.211. The summed E-state index contributed by atoms with van der Waals surface area (Å²) in [6.07, 6.45) is 2.88. The number of nitrogens with zero attached hydrogens (tertiary/aromatic N) is 2. The van der Waals surface area contributed by atoms with E-state index in [1.807, 2.05) is 24.7 Å². The third-order valence-corrected chi connectivity index (χ3v) is 3.34. The molecule has 0 aliphatic heterocycles. The number of nitrogens with one attached hydrogen (secondary N) is 1. The zero-order chi connectivity index (χ0) is 13.8. The molecule has 1 heterocycles. The summed E-state index contributed by atoms with van der Waals surface area (Å²) in [7, 11) is 1.90. The van der Waals surface area contributed by atoms with E-state index < -0.39 is 0 Å². The van der Waals surface area contributed by atoms with Gasteiger partial charge in [0.15, 0.2) is 0 Å². The number of halogens is 1. The second-order valence-electron chi connectivity index (χ2n) is 4.75. The van der Waals surface area contributed by atoms with Crippen LogP contribution in [0.4, 0.5) is 4.39 Å². The Morgan fingerprint density at radius 1 is 1.32 bits per heavy atom. The summed E-state index contributed by atoms with van der Waals surface area (Å²) >= 11 is 0. The van der Waals surface area contributed by atoms with E-state index in [4.69, 9.17) is 0 Å². The zero-order valence-electron chi connectivity index (χ0n) is 11.7. The van der Waals surface area contributed by atoms with Crippen LogP contribution in [0.1, 0.15) is 24.6 Å². The predicted molar refractivity (Wildman–Crippen MR) is 75.3 cm³/mol. The minimum absolute atomic E-state index is 0.211. The van der Waals surface area contributed by atoms with Crippen LogP contribution < -0.4 is 5.32 Å². The van der Waals surface area contributed by atoms with Gasteiger partial charge in [-0.25, -0.2) is 4.39 Å². The fourth-order valence-electron chi connectivity index (χ4n) is 2.12. The third kappa shape index (κ3) is 3.01. The summed E-state index contributed by atoms with van der Waals surface area (Å²) in [5.41, 5.74) is 4.07. The van der Waals surface area contributed by atoms with Crippen molar-refractivity contribution in [2.24, 2.45) is 7.05 Å². The summed E-state index contributed by atoms with van der Waals surface area (Å²) in [6, 6.07) is 4.95. The Balaban J connectivity index is 2.37. The van der Waals surface area contributed by atoms with Crippen LogP contribution in [0.2, 0.25) is 0 Å². The molecule has 0 amide bonds. The molecule has 0 radical (unpaired) electrons. The van der Waals surface area contributed by atoms with Crippen molar-refractivity contribution in [3.05, 3.63) is 41.5 Å². The molecule has 0 aliphatic carbocycles. The molecule has 0 fully saturated rings. The maximum atomic E-state index is 13.5. The Morgan fingerprint density at radius 2 is 2.11 bits per heavy atom. The molecule has 2 aromatic rings. The van der Waals surface area contributed by atoms with E-state index in [0.717, 1.165) is 41.9 Å². The van der Waals surface area contributed by atoms with Crippen LogP contribution in [0, 0.1) is 12.7 Å². The average Bonchev–Trinajstić information content (AvgIpc) is 2.72. The van der Waals surface area contributed by atoms with Gasteiger partial charge in [0, 0.05) is 24.8 Å². The van der Waals surface area contributed by atoms with Gasteiger partial charge in [-0.1, -0.05) is 13.0 Å². The van der Waals surface area contributed by atoms with Gasteiger partial charge in [-0.15, -0.1) is 0 Å². The quantitative estimate of drug-likeness (QED) is 0.838. The minimum Gasteiger partial charge on any atom is -0.313 e. The molecule has 3 nitrogen and oxygen atoms in total. The van der Waals surface area contributed by atoms with Gasteiger partial charge in [0.25, 0.3) is 0 Å². The number of hydrogen-bond donors (Lipinski definition) is 1. The Labute approximate surface area is 113 Å². The van der Waals surface area contributed by atoms with E-state index in [1.165, 1.54) is 6.07 Å². The van der Waals surface area contributed by atoms with Crippen LogP contribution in [0.25, 0.3) is 11.1 Å². The topological polar surface area (TPSA) is 29.9 Å². The highest BCUT2D eigenvalue weighted by Gasteiger charge is 2.11. The van der Waals surface area contributed by atoms with Crippen LogP contribution in [0.15, 0.2) is 24.4 Å². The van der Waals surface area contributed by atoms with E-state index >= 15 is 0 Å². The maximum absolute atomic E-state index is 13.5. The van der Waals surface area contributed by atoms with Gasteiger partial charge in [-0.05, 0) is 43.1 Å². The number of benzene rings is 1. The van der Waals surface area contributed by atoms with Crippen LogP contribution in [0.3, 0.4) is 0 Å². The van der Waals surface area contributed by atoms with Crippen molar-refractivity contribution in [3.63, 3.8) is 0 Å². The molecule has 1 aromatic heterocycles. The monoisotopic (exact) mass is 261 g/mol. The van der Waals surface area contributed by atoms with E-state index in [1.54, 1.807) is 12.3 Å². The molecular formula is C15H20FN3. The average molecular weight is 261 g/mol. The number of rotatable bonds is 5. The van der Waals surface area contributed by atoms with Crippen LogP contribution >= 0.6 is 0 Å². The van der Waals surface area contributed by atoms with Gasteiger partial charge in [-0.2, -0.15) is 5.10 Å². The van der Waals surface area contributed by atoms with Gasteiger partial charge in [0.05, 0.1) is 6.20 Å². The highest BCUT2D eigenvalue weighted by Crippen LogP contribution is 2.27. The summed E-state index contributed by atoms with van der Waals surface area (Å²) < 4.78 is 15.3. The Hall–Kier alpha value is -1.68. The third-order valence-electron chi connectivity index (χ3n) is 3.34. The standard InChI is InChI=1S/C15H20FN3/c1-4-7-17-9-12-5-6-13(16)8-14(12)15-10-18-19(3)11(15)2/h5-6,8,10,17H,4,7,9H2,1-3H3. The second kappa shape index (κ2) is 5.97. The molecule has 1 aromatic carbocycles. The molecule has 0 aliphatic rings. The van der Waals surface area contributed by atoms with Crippen molar-refractivity contribution in [1.29, 1.82) is 0 Å². The molecule has 2 rings (SSSR count). The lowest BCUT2D eigenvalue weighted by Crippen LogP contribution is -2.14. The number of hydrogen-bond acceptors (Lipinski definition) is 2. The van der Waals surface area contributed by atoms with Crippen molar-refractivity contribution in [3.8, 4) is 11.1 Å². The molecule has 102 valence electrons. The smallest absolute Gasteiger partial charge is 0.123 e. The van der Waals surface area contributed by atoms with Crippen LogP contribution in [-0.2, 0) is 13.6 Å². The Bertz CT molecular complexity index is 561. The minimum atomic E-state index is -0.211. The van der Waals surface area contributed by atoms with E-state index in [2.05, 4.69) is 17.3 Å². The fourth-order valence-corrected chi connectivity index (χ4v) is 2.12. The number of aromatic nitrogens is 2. The summed E-state index contributed by atoms with van der Waals surface area (Å²) in [5, 5.41) is 7.59. The highest BCUT2D eigenvalue weighted by atomic mass is 19.1. The van der Waals surface area contributed by atoms with Gasteiger partial charge in [0.2, 0.25) is 0 Å². The molecule has 0 spiro atoms. The fraction of sp³-hybridized carbons (Fsp3) is 0.400. The van der Waals surface area contributed by atoms with E-state index in [0.29, 0.717) is 0 Å². The predicted octanol–water partition coefficient (Wildman–Crippen LogP) is 3.03. The first-order chi connectivity index (χ1) is 9.13. The van der Waals surface area contributed by atoms with Crippen molar-refractivity contribution < 1.29 is 4.39 Å². The second-order valence-corrected chi connectivity index (χ2v) is 4.75. The van der Waals surface area contributed by atoms with Gasteiger partial charge < -0.3 is 5.32 Å². The van der Waals surface area contributed by atoms with Crippen molar-refractivity contribution in [2.75, 3.05) is 6.54 Å². The zero-order valence-corrected chi connectivity index (χ0v) is 11.7. The van der Waals surface area contributed by atoms with Crippen LogP contribution in [-0.4, -0.2) is 16.3 Å². The molecular weight excluding hydrogens is 241 g/mol. The van der Waals surface area contributed by atoms with Crippen molar-refractivity contribution >= 4 is 0 Å². The lowest BCUT2D eigenvalue weighted by molar-refractivity contribution is 0.625. The van der Waals surface area contributed by atoms with E-state index in [-0.39, 0.29) is 5.82 Å². The lowest BCUT2D eigenvalue weighted by atomic mass is 10.00. The van der Waals surface area contributed by atoms with Crippen molar-refractivity contribution in [1.82, 2.24) is 15.1 Å². The normalized spacial score (nSPS) is 10.9. The van der Waals surface area contributed by atoms with Gasteiger partial charge >= 0.3 is 0 Å².